The topological polar surface area (TPSA) is 31.5 Å². The molecule has 1 nitrogen and oxygen atoms in total. The monoisotopic (exact) mass is 195 g/mol. The van der Waals surface area contributed by atoms with E-state index in [0.717, 1.165) is 0 Å². The van der Waals surface area contributed by atoms with Crippen molar-refractivity contribution < 1.29 is 56.1 Å². The summed E-state index contributed by atoms with van der Waals surface area (Å²) in [6, 6.07) is 0. The van der Waals surface area contributed by atoms with Gasteiger partial charge >= 0.3 is 18.9 Å². The first kappa shape index (κ1) is 60.2. The summed E-state index contributed by atoms with van der Waals surface area (Å²) in [7, 11) is 0. The van der Waals surface area contributed by atoms with E-state index >= 15 is 0 Å². The van der Waals surface area contributed by atoms with Gasteiger partial charge in [-0.2, -0.15) is 0 Å². The summed E-state index contributed by atoms with van der Waals surface area (Å²) >= 11 is 0. The van der Waals surface area contributed by atoms with Crippen molar-refractivity contribution in [2.24, 2.45) is 0 Å². The molecule has 0 saturated carbocycles. The molecular formula is H3FeLiMnNiO. The van der Waals surface area contributed by atoms with Crippen LogP contribution in [0.25, 0.3) is 0 Å². The van der Waals surface area contributed by atoms with E-state index in [0.29, 0.717) is 0 Å². The van der Waals surface area contributed by atoms with E-state index in [2.05, 4.69) is 0 Å². The van der Waals surface area contributed by atoms with Gasteiger partial charge in [0.25, 0.3) is 0 Å². The van der Waals surface area contributed by atoms with Gasteiger partial charge in [0.2, 0.25) is 0 Å². The van der Waals surface area contributed by atoms with Crippen molar-refractivity contribution in [3.8, 4) is 0 Å². The van der Waals surface area contributed by atoms with Gasteiger partial charge in [-0.25, -0.2) is 0 Å². The zero-order chi connectivity index (χ0) is 0. The first-order valence-electron chi connectivity index (χ1n) is 0. The normalized spacial score (nSPS) is 0. The molecule has 35 valence electrons. The molecule has 0 bridgehead atoms. The molecule has 0 aliphatic rings. The minimum Gasteiger partial charge on any atom is 0 e. The molecule has 0 aromatic rings. The van der Waals surface area contributed by atoms with Gasteiger partial charge in [0.15, 0.2) is 0 Å². The van der Waals surface area contributed by atoms with Crippen LogP contribution in [0, 0.1) is 0 Å². The van der Waals surface area contributed by atoms with Crippen LogP contribution in [-0.2, 0) is 50.6 Å². The maximum Gasteiger partial charge on any atom is 0 e. The summed E-state index contributed by atoms with van der Waals surface area (Å²) in [5.74, 6) is 0. The molecule has 0 saturated heterocycles. The van der Waals surface area contributed by atoms with Crippen LogP contribution in [0.4, 0.5) is 0 Å². The zero-order valence-electron chi connectivity index (χ0n) is 1.55. The molecule has 0 spiro atoms. The van der Waals surface area contributed by atoms with Gasteiger partial charge in [-0.1, -0.05) is 0 Å². The van der Waals surface area contributed by atoms with Crippen LogP contribution < -0.4 is 0 Å². The summed E-state index contributed by atoms with van der Waals surface area (Å²) in [6.45, 7) is 0. The van der Waals surface area contributed by atoms with Crippen LogP contribution >= 0.6 is 0 Å². The summed E-state index contributed by atoms with van der Waals surface area (Å²) in [4.78, 5) is 0. The van der Waals surface area contributed by atoms with Gasteiger partial charge in [0.05, 0.1) is 0 Å². The fourth-order valence-corrected chi connectivity index (χ4v) is 0. The van der Waals surface area contributed by atoms with E-state index < -0.39 is 0 Å². The molecule has 0 aromatic carbocycles. The number of rotatable bonds is 0. The largest absolute Gasteiger partial charge is 0 e. The van der Waals surface area contributed by atoms with Gasteiger partial charge in [-0.15, -0.1) is 0 Å². The second kappa shape index (κ2) is 36.1. The van der Waals surface area contributed by atoms with E-state index in [1.807, 2.05) is 0 Å². The molecule has 0 aromatic heterocycles. The van der Waals surface area contributed by atoms with Crippen molar-refractivity contribution in [2.75, 3.05) is 0 Å². The van der Waals surface area contributed by atoms with E-state index in [1.165, 1.54) is 0 Å². The first-order chi connectivity index (χ1) is 0. The van der Waals surface area contributed by atoms with E-state index in [-0.39, 0.29) is 75.0 Å². The second-order valence-corrected chi connectivity index (χ2v) is 0. The van der Waals surface area contributed by atoms with Crippen LogP contribution in [0.3, 0.4) is 0 Å². The van der Waals surface area contributed by atoms with Crippen LogP contribution in [0.5, 0.6) is 0 Å². The predicted molar refractivity (Wildman–Crippen MR) is 10.8 cm³/mol. The van der Waals surface area contributed by atoms with Gasteiger partial charge in [-0.05, 0) is 0 Å². The molecule has 0 fully saturated rings. The molecule has 0 atom stereocenters. The Morgan fingerprint density at radius 1 is 1.00 bits per heavy atom. The van der Waals surface area contributed by atoms with Gasteiger partial charge in [0.1, 0.15) is 0 Å². The van der Waals surface area contributed by atoms with Crippen molar-refractivity contribution >= 4 is 18.9 Å². The van der Waals surface area contributed by atoms with Crippen molar-refractivity contribution in [3.05, 3.63) is 0 Å². The Balaban J connectivity index is 0. The van der Waals surface area contributed by atoms with Gasteiger partial charge < -0.3 is 5.48 Å². The summed E-state index contributed by atoms with van der Waals surface area (Å²) in [6.07, 6.45) is 0. The Morgan fingerprint density at radius 3 is 1.00 bits per heavy atom. The SMILES string of the molecule is O.[Fe].[LiH].[Mn].[Ni]. The van der Waals surface area contributed by atoms with Crippen molar-refractivity contribution in [3.63, 3.8) is 0 Å². The maximum absolute atomic E-state index is 0. The molecule has 5 heteroatoms. The average molecular weight is 195 g/mol. The molecule has 5 heavy (non-hydrogen) atoms. The average Bonchev–Trinajstić information content (AvgIpc) is 0. The van der Waals surface area contributed by atoms with Gasteiger partial charge in [0, 0.05) is 50.6 Å². The fourth-order valence-electron chi connectivity index (χ4n) is 0. The molecule has 1 radical (unpaired) electrons. The quantitative estimate of drug-likeness (QED) is 0.422. The van der Waals surface area contributed by atoms with Crippen molar-refractivity contribution in [2.45, 2.75) is 0 Å². The van der Waals surface area contributed by atoms with E-state index in [4.69, 9.17) is 0 Å². The molecule has 0 heterocycles. The second-order valence-electron chi connectivity index (χ2n) is 0. The molecule has 0 aliphatic carbocycles. The van der Waals surface area contributed by atoms with Gasteiger partial charge in [-0.3, -0.25) is 0 Å². The molecule has 2 N–H and O–H groups in total. The number of hydrogen-bond donors (Lipinski definition) is 0. The Labute approximate surface area is 74.4 Å². The van der Waals surface area contributed by atoms with Crippen LogP contribution in [0.2, 0.25) is 0 Å². The third kappa shape index (κ3) is 23.3. The third-order valence-electron chi connectivity index (χ3n) is 0. The molecule has 0 rings (SSSR count). The van der Waals surface area contributed by atoms with Crippen molar-refractivity contribution in [1.29, 1.82) is 0 Å². The molecule has 0 unspecified atom stereocenters. The summed E-state index contributed by atoms with van der Waals surface area (Å²) in [5.41, 5.74) is 0. The van der Waals surface area contributed by atoms with Crippen LogP contribution in [0.1, 0.15) is 0 Å². The number of hydrogen-bond acceptors (Lipinski definition) is 0. The fraction of sp³-hybridized carbons (Fsp3) is 0. The van der Waals surface area contributed by atoms with Crippen LogP contribution in [-0.4, -0.2) is 24.3 Å². The molecule has 0 aliphatic heterocycles. The standard InChI is InChI=1S/Fe.Li.Mn.Ni.H2O.H/h;;;;1H2;. The summed E-state index contributed by atoms with van der Waals surface area (Å²) < 4.78 is 0. The zero-order valence-corrected chi connectivity index (χ0v) is 4.82. The smallest absolute Gasteiger partial charge is 0 e. The van der Waals surface area contributed by atoms with E-state index in [9.17, 15) is 0 Å². The Hall–Kier alpha value is 2.09. The van der Waals surface area contributed by atoms with E-state index in [1.54, 1.807) is 0 Å². The Morgan fingerprint density at radius 2 is 1.00 bits per heavy atom. The minimum absolute atomic E-state index is 0. The maximum atomic E-state index is 0. The minimum atomic E-state index is 0. The predicted octanol–water partition coefficient (Wildman–Crippen LogP) is -1.48. The molecule has 0 amide bonds. The van der Waals surface area contributed by atoms with Crippen LogP contribution in [0.15, 0.2) is 0 Å². The summed E-state index contributed by atoms with van der Waals surface area (Å²) in [5, 5.41) is 0. The first-order valence-corrected chi connectivity index (χ1v) is 0. The Kier molecular flexibility index (Phi) is 435. The molecular weight excluding hydrogens is 192 g/mol. The third-order valence-corrected chi connectivity index (χ3v) is 0. The Bertz CT molecular complexity index is 11.6. The van der Waals surface area contributed by atoms with Crippen molar-refractivity contribution in [1.82, 2.24) is 0 Å².